The van der Waals surface area contributed by atoms with E-state index in [1.54, 1.807) is 17.8 Å². The molecule has 0 aliphatic carbocycles. The molecule has 0 saturated heterocycles. The summed E-state index contributed by atoms with van der Waals surface area (Å²) in [4.78, 5) is 8.51. The van der Waals surface area contributed by atoms with Crippen LogP contribution in [0.15, 0.2) is 59.5 Å². The van der Waals surface area contributed by atoms with Crippen molar-refractivity contribution >= 4 is 46.0 Å². The van der Waals surface area contributed by atoms with E-state index in [0.29, 0.717) is 16.3 Å². The Labute approximate surface area is 208 Å². The van der Waals surface area contributed by atoms with E-state index in [1.807, 2.05) is 24.3 Å². The average molecular weight is 527 g/mol. The van der Waals surface area contributed by atoms with Crippen LogP contribution < -0.4 is 4.74 Å². The first kappa shape index (κ1) is 24.7. The number of ether oxygens (including phenoxy) is 1. The number of nitrogens with one attached hydrogen (secondary N) is 1. The Balaban J connectivity index is 1.74. The summed E-state index contributed by atoms with van der Waals surface area (Å²) >= 11 is 14.7. The molecule has 3 aromatic carbocycles. The number of hydrogen-bond donors (Lipinski definition) is 2. The molecule has 0 spiro atoms. The van der Waals surface area contributed by atoms with E-state index >= 15 is 0 Å². The molecular weight excluding hydrogens is 508 g/mol. The lowest BCUT2D eigenvalue weighted by molar-refractivity contribution is -0.274. The van der Waals surface area contributed by atoms with Crippen LogP contribution in [0.5, 0.6) is 5.75 Å². The highest BCUT2D eigenvalue weighted by Crippen LogP contribution is 2.44. The summed E-state index contributed by atoms with van der Waals surface area (Å²) in [7, 11) is 0. The van der Waals surface area contributed by atoms with Crippen LogP contribution in [0.4, 0.5) is 13.2 Å². The number of rotatable bonds is 6. The Hall–Kier alpha value is -2.39. The second-order valence-electron chi connectivity index (χ2n) is 7.75. The number of halogens is 5. The summed E-state index contributed by atoms with van der Waals surface area (Å²) in [6.45, 7) is 4.19. The molecule has 1 atom stereocenters. The Morgan fingerprint density at radius 2 is 1.74 bits per heavy atom. The van der Waals surface area contributed by atoms with Gasteiger partial charge in [0.1, 0.15) is 23.2 Å². The van der Waals surface area contributed by atoms with Crippen LogP contribution in [-0.4, -0.2) is 26.7 Å². The molecule has 1 unspecified atom stereocenters. The molecular formula is C24H19Cl2F3N2O2S. The van der Waals surface area contributed by atoms with Gasteiger partial charge in [-0.05, 0) is 29.8 Å². The number of hydrogen-bond acceptors (Lipinski definition) is 4. The number of aromatic amines is 1. The molecule has 0 amide bonds. The van der Waals surface area contributed by atoms with Crippen molar-refractivity contribution in [2.45, 2.75) is 36.5 Å². The van der Waals surface area contributed by atoms with Crippen LogP contribution in [0.2, 0.25) is 10.0 Å². The normalized spacial score (nSPS) is 13.0. The Morgan fingerprint density at radius 1 is 1.06 bits per heavy atom. The first-order valence-electron chi connectivity index (χ1n) is 10.2. The maximum atomic E-state index is 12.9. The monoisotopic (exact) mass is 526 g/mol. The third-order valence-corrected chi connectivity index (χ3v) is 6.58. The highest BCUT2D eigenvalue weighted by Gasteiger charge is 2.33. The summed E-state index contributed by atoms with van der Waals surface area (Å²) < 4.78 is 42.8. The topological polar surface area (TPSA) is 58.1 Å². The van der Waals surface area contributed by atoms with Gasteiger partial charge in [0.2, 0.25) is 0 Å². The number of alkyl halides is 3. The molecule has 0 saturated carbocycles. The minimum atomic E-state index is -4.88. The molecule has 2 N–H and O–H groups in total. The van der Waals surface area contributed by atoms with Gasteiger partial charge in [-0.25, -0.2) is 4.98 Å². The highest BCUT2D eigenvalue weighted by molar-refractivity contribution is 7.99. The van der Waals surface area contributed by atoms with E-state index in [-0.39, 0.29) is 32.5 Å². The first-order valence-corrected chi connectivity index (χ1v) is 11.8. The summed E-state index contributed by atoms with van der Waals surface area (Å²) in [6.07, 6.45) is -5.95. The summed E-state index contributed by atoms with van der Waals surface area (Å²) in [5, 5.41) is 11.4. The number of para-hydroxylation sites is 1. The molecule has 4 aromatic rings. The molecule has 10 heteroatoms. The number of nitrogens with zero attached hydrogens (tertiary/aromatic N) is 1. The molecule has 0 fully saturated rings. The second-order valence-corrected chi connectivity index (χ2v) is 10.2. The van der Waals surface area contributed by atoms with Gasteiger partial charge in [-0.15, -0.1) is 24.9 Å². The Morgan fingerprint density at radius 3 is 2.38 bits per heavy atom. The zero-order valence-electron chi connectivity index (χ0n) is 18.0. The largest absolute Gasteiger partial charge is 0.573 e. The van der Waals surface area contributed by atoms with Gasteiger partial charge >= 0.3 is 6.36 Å². The molecule has 34 heavy (non-hydrogen) atoms. The third-order valence-electron chi connectivity index (χ3n) is 4.90. The lowest BCUT2D eigenvalue weighted by Crippen LogP contribution is -2.17. The van der Waals surface area contributed by atoms with Crippen LogP contribution in [0, 0.1) is 0 Å². The zero-order chi connectivity index (χ0) is 24.6. The Kier molecular flexibility index (Phi) is 7.05. The fourth-order valence-corrected chi connectivity index (χ4v) is 5.06. The average Bonchev–Trinajstić information content (AvgIpc) is 3.18. The van der Waals surface area contributed by atoms with Crippen molar-refractivity contribution in [3.63, 3.8) is 0 Å². The molecule has 0 aliphatic heterocycles. The van der Waals surface area contributed by atoms with Gasteiger partial charge in [0.15, 0.2) is 0 Å². The quantitative estimate of drug-likeness (QED) is 0.250. The first-order chi connectivity index (χ1) is 16.0. The number of aliphatic hydroxyl groups excluding tert-OH is 1. The summed E-state index contributed by atoms with van der Waals surface area (Å²) in [5.74, 6) is -0.206. The summed E-state index contributed by atoms with van der Waals surface area (Å²) in [6, 6.07) is 14.6. The molecule has 0 radical (unpaired) electrons. The molecule has 0 aliphatic rings. The van der Waals surface area contributed by atoms with Gasteiger partial charge in [-0.1, -0.05) is 67.4 Å². The Bertz CT molecular complexity index is 1320. The lowest BCUT2D eigenvalue weighted by Gasteiger charge is -2.15. The van der Waals surface area contributed by atoms with Crippen molar-refractivity contribution < 1.29 is 23.0 Å². The van der Waals surface area contributed by atoms with Crippen molar-refractivity contribution in [2.24, 2.45) is 0 Å². The van der Waals surface area contributed by atoms with Gasteiger partial charge in [0.05, 0.1) is 15.6 Å². The van der Waals surface area contributed by atoms with Gasteiger partial charge in [-0.2, -0.15) is 0 Å². The fraction of sp³-hybridized carbons (Fsp3) is 0.208. The number of fused-ring (bicyclic) bond motifs is 1. The maximum absolute atomic E-state index is 12.9. The van der Waals surface area contributed by atoms with E-state index in [0.717, 1.165) is 4.90 Å². The molecule has 4 nitrogen and oxygen atoms in total. The number of H-pyrrole nitrogens is 1. The van der Waals surface area contributed by atoms with E-state index in [9.17, 15) is 18.3 Å². The minimum absolute atomic E-state index is 0.0408. The standard InChI is InChI=1S/C24H19Cl2F3N2O2S/c1-12(2)34-14-9-7-13(8-10-14)22(32)23-30-17-11-16(25)19(20(26)21(17)31-23)15-5-3-4-6-18(15)33-24(27,28)29/h3-12,22,32H,1-2H3,(H,30,31). The number of thioether (sulfide) groups is 1. The van der Waals surface area contributed by atoms with E-state index < -0.39 is 18.2 Å². The minimum Gasteiger partial charge on any atom is -0.405 e. The maximum Gasteiger partial charge on any atom is 0.573 e. The van der Waals surface area contributed by atoms with Crippen molar-refractivity contribution in [1.29, 1.82) is 0 Å². The smallest absolute Gasteiger partial charge is 0.405 e. The van der Waals surface area contributed by atoms with E-state index in [2.05, 4.69) is 28.6 Å². The molecule has 1 aromatic heterocycles. The molecule has 4 rings (SSSR count). The van der Waals surface area contributed by atoms with E-state index in [1.165, 1.54) is 24.3 Å². The van der Waals surface area contributed by atoms with Gasteiger partial charge in [0.25, 0.3) is 0 Å². The predicted molar refractivity (Wildman–Crippen MR) is 130 cm³/mol. The van der Waals surface area contributed by atoms with Crippen molar-refractivity contribution in [1.82, 2.24) is 9.97 Å². The van der Waals surface area contributed by atoms with Crippen molar-refractivity contribution in [3.05, 3.63) is 76.0 Å². The van der Waals surface area contributed by atoms with Crippen molar-refractivity contribution in [2.75, 3.05) is 0 Å². The highest BCUT2D eigenvalue weighted by atomic mass is 35.5. The predicted octanol–water partition coefficient (Wildman–Crippen LogP) is 8.02. The number of benzene rings is 3. The third kappa shape index (κ3) is 5.30. The molecule has 1 heterocycles. The molecule has 0 bridgehead atoms. The SMILES string of the molecule is CC(C)Sc1ccc(C(O)c2nc3c(Cl)c(-c4ccccc4OC(F)(F)F)c(Cl)cc3[nH]2)cc1. The van der Waals surface area contributed by atoms with Crippen LogP contribution in [-0.2, 0) is 0 Å². The molecule has 178 valence electrons. The number of imidazole rings is 1. The van der Waals surface area contributed by atoms with Crippen LogP contribution in [0.25, 0.3) is 22.2 Å². The van der Waals surface area contributed by atoms with Gasteiger partial charge in [0, 0.05) is 21.3 Å². The number of aromatic nitrogens is 2. The zero-order valence-corrected chi connectivity index (χ0v) is 20.3. The lowest BCUT2D eigenvalue weighted by atomic mass is 10.0. The van der Waals surface area contributed by atoms with Gasteiger partial charge < -0.3 is 14.8 Å². The number of aliphatic hydroxyl groups is 1. The second kappa shape index (κ2) is 9.70. The van der Waals surface area contributed by atoms with Crippen LogP contribution in [0.3, 0.4) is 0 Å². The fourth-order valence-electron chi connectivity index (χ4n) is 3.52. The van der Waals surface area contributed by atoms with Crippen LogP contribution in [0.1, 0.15) is 31.3 Å². The van der Waals surface area contributed by atoms with E-state index in [4.69, 9.17) is 23.2 Å². The van der Waals surface area contributed by atoms with Crippen LogP contribution >= 0.6 is 35.0 Å². The van der Waals surface area contributed by atoms with Crippen molar-refractivity contribution in [3.8, 4) is 16.9 Å². The van der Waals surface area contributed by atoms with Gasteiger partial charge in [-0.3, -0.25) is 0 Å². The summed E-state index contributed by atoms with van der Waals surface area (Å²) in [5.41, 5.74) is 1.55.